The number of ketones is 1. The van der Waals surface area contributed by atoms with E-state index in [9.17, 15) is 4.79 Å². The van der Waals surface area contributed by atoms with Crippen LogP contribution in [0.4, 0.5) is 11.9 Å². The number of amidine groups is 1. The van der Waals surface area contributed by atoms with E-state index in [0.29, 0.717) is 41.7 Å². The van der Waals surface area contributed by atoms with Gasteiger partial charge in [0.25, 0.3) is 0 Å². The topological polar surface area (TPSA) is 86.6 Å². The molecule has 0 spiro atoms. The van der Waals surface area contributed by atoms with Crippen molar-refractivity contribution < 1.29 is 4.79 Å². The monoisotopic (exact) mass is 531 g/mol. The van der Waals surface area contributed by atoms with Crippen molar-refractivity contribution in [1.29, 1.82) is 0 Å². The number of aromatic nitrogens is 3. The Hall–Kier alpha value is -3.08. The highest BCUT2D eigenvalue weighted by Gasteiger charge is 2.29. The van der Waals surface area contributed by atoms with Crippen LogP contribution in [-0.4, -0.2) is 71.2 Å². The maximum atomic E-state index is 12.2. The molecule has 1 saturated carbocycles. The van der Waals surface area contributed by atoms with E-state index in [1.54, 1.807) is 11.3 Å². The van der Waals surface area contributed by atoms with Crippen LogP contribution < -0.4 is 10.2 Å². The number of carbonyl (C=O) groups excluding carboxylic acids is 1. The summed E-state index contributed by atoms with van der Waals surface area (Å²) in [4.78, 5) is 37.9. The Morgan fingerprint density at radius 2 is 1.89 bits per heavy atom. The number of anilines is 2. The lowest BCUT2D eigenvalue weighted by atomic mass is 10.1. The third-order valence-corrected chi connectivity index (χ3v) is 8.56. The molecule has 37 heavy (non-hydrogen) atoms. The molecule has 190 valence electrons. The molecule has 3 aromatic rings. The van der Waals surface area contributed by atoms with Crippen molar-refractivity contribution in [2.75, 3.05) is 50.0 Å². The van der Waals surface area contributed by atoms with E-state index < -0.39 is 0 Å². The highest BCUT2D eigenvalue weighted by molar-refractivity contribution is 7.99. The molecule has 6 rings (SSSR count). The Kier molecular flexibility index (Phi) is 7.04. The lowest BCUT2D eigenvalue weighted by molar-refractivity contribution is -0.119. The van der Waals surface area contributed by atoms with Crippen LogP contribution in [-0.2, 0) is 11.2 Å². The lowest BCUT2D eigenvalue weighted by Crippen LogP contribution is -2.45. The zero-order valence-corrected chi connectivity index (χ0v) is 22.4. The van der Waals surface area contributed by atoms with Crippen LogP contribution in [0.2, 0.25) is 0 Å². The molecule has 1 saturated heterocycles. The zero-order valence-electron chi connectivity index (χ0n) is 20.8. The van der Waals surface area contributed by atoms with Crippen LogP contribution in [0, 0.1) is 5.92 Å². The average molecular weight is 532 g/mol. The molecule has 0 atom stereocenters. The summed E-state index contributed by atoms with van der Waals surface area (Å²) in [5, 5.41) is 6.04. The Morgan fingerprint density at radius 3 is 2.62 bits per heavy atom. The van der Waals surface area contributed by atoms with E-state index in [1.807, 2.05) is 24.3 Å². The fraction of sp³-hybridized carbons (Fsp3) is 0.370. The van der Waals surface area contributed by atoms with Gasteiger partial charge in [-0.3, -0.25) is 9.79 Å². The number of thiophene rings is 1. The Labute approximate surface area is 224 Å². The third kappa shape index (κ3) is 6.08. The van der Waals surface area contributed by atoms with Gasteiger partial charge in [-0.25, -0.2) is 0 Å². The largest absolute Gasteiger partial charge is 0.338 e. The summed E-state index contributed by atoms with van der Waals surface area (Å²) in [6, 6.07) is 12.3. The molecule has 1 aliphatic carbocycles. The number of rotatable bonds is 8. The van der Waals surface area contributed by atoms with Gasteiger partial charge in [-0.15, -0.1) is 11.3 Å². The van der Waals surface area contributed by atoms with Crippen LogP contribution in [0.1, 0.15) is 23.3 Å². The maximum Gasteiger partial charge on any atom is 0.234 e. The summed E-state index contributed by atoms with van der Waals surface area (Å²) >= 11 is 3.22. The first-order valence-corrected chi connectivity index (χ1v) is 14.3. The summed E-state index contributed by atoms with van der Waals surface area (Å²) in [5.41, 5.74) is 2.26. The third-order valence-electron chi connectivity index (χ3n) is 6.74. The Bertz CT molecular complexity index is 1330. The summed E-state index contributed by atoms with van der Waals surface area (Å²) < 4.78 is 0. The predicted octanol–water partition coefficient (Wildman–Crippen LogP) is 4.27. The molecular formula is C27H29N7OS2. The first kappa shape index (κ1) is 24.3. The van der Waals surface area contributed by atoms with E-state index in [0.717, 1.165) is 55.3 Å². The average Bonchev–Trinajstić information content (AvgIpc) is 3.41. The van der Waals surface area contributed by atoms with Gasteiger partial charge in [-0.2, -0.15) is 15.0 Å². The molecular weight excluding hydrogens is 502 g/mol. The number of likely N-dealkylation sites (N-methyl/N-ethyl adjacent to an activating group) is 1. The quantitative estimate of drug-likeness (QED) is 0.461. The molecule has 2 fully saturated rings. The van der Waals surface area contributed by atoms with Gasteiger partial charge in [-0.1, -0.05) is 18.2 Å². The number of nitrogens with zero attached hydrogens (tertiary/aromatic N) is 6. The number of nitrogens with one attached hydrogen (secondary N) is 1. The fourth-order valence-electron chi connectivity index (χ4n) is 4.35. The van der Waals surface area contributed by atoms with Gasteiger partial charge in [0, 0.05) is 48.3 Å². The van der Waals surface area contributed by atoms with Gasteiger partial charge >= 0.3 is 0 Å². The van der Waals surface area contributed by atoms with Crippen molar-refractivity contribution >= 4 is 52.2 Å². The van der Waals surface area contributed by atoms with Gasteiger partial charge in [0.15, 0.2) is 5.16 Å². The first-order valence-electron chi connectivity index (χ1n) is 12.6. The van der Waals surface area contributed by atoms with Crippen molar-refractivity contribution in [2.45, 2.75) is 29.3 Å². The molecule has 0 radical (unpaired) electrons. The smallest absolute Gasteiger partial charge is 0.234 e. The molecule has 2 aliphatic heterocycles. The molecule has 1 N–H and O–H groups in total. The summed E-state index contributed by atoms with van der Waals surface area (Å²) in [7, 11) is 2.14. The molecule has 8 nitrogen and oxygen atoms in total. The SMILES string of the molecule is CN1CCN(c2nc(NC3=NCC(c4cccs4)=C3)nc(Sc3ccc(CC(=O)C4CC4)cc3)n2)CC1. The van der Waals surface area contributed by atoms with Gasteiger partial charge in [0.05, 0.1) is 6.54 Å². The molecule has 3 aliphatic rings. The standard InChI is InChI=1S/C27H29N7OS2/c1-33-10-12-34(13-11-33)26-30-25(29-24-16-20(17-28-24)23-3-2-14-36-23)31-27(32-26)37-21-8-4-18(5-9-21)15-22(35)19-6-7-19/h2-5,8-9,14,16,19H,6-7,10-13,15,17H2,1H3,(H,28,29,30,31,32). The van der Waals surface area contributed by atoms with Crippen molar-refractivity contribution in [3.63, 3.8) is 0 Å². The normalized spacial score (nSPS) is 18.0. The van der Waals surface area contributed by atoms with Crippen molar-refractivity contribution in [2.24, 2.45) is 10.9 Å². The number of Topliss-reactive ketones (excluding diaryl/α,β-unsaturated/α-hetero) is 1. The van der Waals surface area contributed by atoms with Crippen molar-refractivity contribution in [1.82, 2.24) is 19.9 Å². The van der Waals surface area contributed by atoms with Crippen molar-refractivity contribution in [3.8, 4) is 0 Å². The lowest BCUT2D eigenvalue weighted by Gasteiger charge is -2.32. The molecule has 0 bridgehead atoms. The molecule has 0 unspecified atom stereocenters. The number of carbonyl (C=O) groups is 1. The second-order valence-electron chi connectivity index (χ2n) is 9.67. The number of piperazine rings is 1. The maximum absolute atomic E-state index is 12.2. The van der Waals surface area contributed by atoms with Crippen LogP contribution in [0.3, 0.4) is 0 Å². The molecule has 2 aromatic heterocycles. The molecule has 10 heteroatoms. The van der Waals surface area contributed by atoms with E-state index in [2.05, 4.69) is 50.7 Å². The first-order chi connectivity index (χ1) is 18.1. The number of benzene rings is 1. The van der Waals surface area contributed by atoms with Gasteiger partial charge in [-0.05, 0) is 72.4 Å². The highest BCUT2D eigenvalue weighted by Crippen LogP contribution is 2.32. The Balaban J connectivity index is 1.21. The minimum atomic E-state index is 0.291. The van der Waals surface area contributed by atoms with Crippen LogP contribution in [0.5, 0.6) is 0 Å². The molecule has 4 heterocycles. The van der Waals surface area contributed by atoms with E-state index in [1.165, 1.54) is 22.2 Å². The van der Waals surface area contributed by atoms with Crippen LogP contribution in [0.25, 0.3) is 5.57 Å². The summed E-state index contributed by atoms with van der Waals surface area (Å²) in [6.07, 6.45) is 4.69. The minimum absolute atomic E-state index is 0.291. The predicted molar refractivity (Wildman–Crippen MR) is 150 cm³/mol. The van der Waals surface area contributed by atoms with Crippen LogP contribution in [0.15, 0.2) is 62.9 Å². The summed E-state index contributed by atoms with van der Waals surface area (Å²) in [6.45, 7) is 4.33. The molecule has 0 amide bonds. The summed E-state index contributed by atoms with van der Waals surface area (Å²) in [5.74, 6) is 2.59. The minimum Gasteiger partial charge on any atom is -0.338 e. The van der Waals surface area contributed by atoms with E-state index >= 15 is 0 Å². The van der Waals surface area contributed by atoms with Gasteiger partial charge < -0.3 is 15.1 Å². The molecule has 1 aromatic carbocycles. The number of hydrogen-bond acceptors (Lipinski definition) is 10. The highest BCUT2D eigenvalue weighted by atomic mass is 32.2. The zero-order chi connectivity index (χ0) is 25.2. The van der Waals surface area contributed by atoms with Crippen LogP contribution >= 0.6 is 23.1 Å². The van der Waals surface area contributed by atoms with Gasteiger partial charge in [0.2, 0.25) is 11.9 Å². The van der Waals surface area contributed by atoms with E-state index in [4.69, 9.17) is 15.0 Å². The van der Waals surface area contributed by atoms with E-state index in [-0.39, 0.29) is 0 Å². The number of aliphatic imine (C=N–C) groups is 1. The van der Waals surface area contributed by atoms with Gasteiger partial charge in [0.1, 0.15) is 11.6 Å². The second kappa shape index (κ2) is 10.7. The second-order valence-corrected chi connectivity index (χ2v) is 11.7. The Morgan fingerprint density at radius 1 is 1.08 bits per heavy atom. The van der Waals surface area contributed by atoms with Crippen molar-refractivity contribution in [3.05, 3.63) is 58.3 Å². The number of hydrogen-bond donors (Lipinski definition) is 1. The fourth-order valence-corrected chi connectivity index (χ4v) is 5.83.